The summed E-state index contributed by atoms with van der Waals surface area (Å²) in [5, 5.41) is 2.79. The number of benzene rings is 2. The third kappa shape index (κ3) is 5.43. The molecule has 1 amide bonds. The van der Waals surface area contributed by atoms with Crippen molar-refractivity contribution in [3.8, 4) is 0 Å². The van der Waals surface area contributed by atoms with E-state index in [0.717, 1.165) is 37.0 Å². The third-order valence-electron chi connectivity index (χ3n) is 5.45. The van der Waals surface area contributed by atoms with Crippen molar-refractivity contribution in [2.75, 3.05) is 6.54 Å². The van der Waals surface area contributed by atoms with Crippen LogP contribution in [0.15, 0.2) is 53.4 Å². The van der Waals surface area contributed by atoms with Gasteiger partial charge in [-0.15, -0.1) is 0 Å². The highest BCUT2D eigenvalue weighted by Crippen LogP contribution is 2.28. The molecule has 2 aromatic rings. The predicted octanol–water partition coefficient (Wildman–Crippen LogP) is 4.17. The molecule has 1 fully saturated rings. The van der Waals surface area contributed by atoms with Gasteiger partial charge >= 0.3 is 0 Å². The first-order valence-electron chi connectivity index (χ1n) is 10.1. The average molecular weight is 437 g/mol. The van der Waals surface area contributed by atoms with Crippen LogP contribution >= 0.6 is 0 Å². The first-order valence-corrected chi connectivity index (χ1v) is 11.5. The van der Waals surface area contributed by atoms with Crippen LogP contribution in [-0.2, 0) is 14.8 Å². The molecule has 0 saturated heterocycles. The highest BCUT2D eigenvalue weighted by Gasteiger charge is 2.34. The molecule has 0 unspecified atom stereocenters. The minimum Gasteiger partial charge on any atom is -0.348 e. The Bertz CT molecular complexity index is 957. The summed E-state index contributed by atoms with van der Waals surface area (Å²) in [5.41, 5.74) is 0.718. The summed E-state index contributed by atoms with van der Waals surface area (Å²) in [5.74, 6) is -1.33. The second kappa shape index (κ2) is 9.66. The topological polar surface area (TPSA) is 66.5 Å². The Kier molecular flexibility index (Phi) is 7.20. The summed E-state index contributed by atoms with van der Waals surface area (Å²) in [6.45, 7) is 1.43. The van der Waals surface area contributed by atoms with Crippen LogP contribution in [0.25, 0.3) is 0 Å². The molecule has 162 valence electrons. The fourth-order valence-corrected chi connectivity index (χ4v) is 5.43. The second-order valence-corrected chi connectivity index (χ2v) is 9.53. The number of amides is 1. The van der Waals surface area contributed by atoms with Crippen LogP contribution in [0.3, 0.4) is 0 Å². The van der Waals surface area contributed by atoms with Gasteiger partial charge in [-0.3, -0.25) is 4.79 Å². The van der Waals surface area contributed by atoms with Gasteiger partial charge in [-0.05, 0) is 61.7 Å². The molecule has 0 spiro atoms. The van der Waals surface area contributed by atoms with E-state index in [1.807, 2.05) is 0 Å². The molecular formula is C22H26F2N2O3S. The van der Waals surface area contributed by atoms with Gasteiger partial charge in [0, 0.05) is 6.04 Å². The molecule has 1 aliphatic rings. The lowest BCUT2D eigenvalue weighted by atomic mass is 9.95. The summed E-state index contributed by atoms with van der Waals surface area (Å²) in [4.78, 5) is 12.7. The monoisotopic (exact) mass is 436 g/mol. The van der Waals surface area contributed by atoms with Crippen LogP contribution < -0.4 is 5.32 Å². The van der Waals surface area contributed by atoms with Crippen molar-refractivity contribution in [1.82, 2.24) is 9.62 Å². The molecule has 5 nitrogen and oxygen atoms in total. The van der Waals surface area contributed by atoms with Gasteiger partial charge in [0.25, 0.3) is 0 Å². The SMILES string of the molecule is C[C@H](NC(=O)CN(C1CCCCC1)S(=O)(=O)c1ccc(F)cc1)c1ccc(F)cc1. The van der Waals surface area contributed by atoms with E-state index in [4.69, 9.17) is 0 Å². The molecule has 1 aliphatic carbocycles. The molecule has 1 saturated carbocycles. The molecule has 3 rings (SSSR count). The minimum atomic E-state index is -3.96. The fourth-order valence-electron chi connectivity index (χ4n) is 3.78. The van der Waals surface area contributed by atoms with Gasteiger partial charge in [-0.25, -0.2) is 17.2 Å². The lowest BCUT2D eigenvalue weighted by molar-refractivity contribution is -0.122. The molecule has 0 aliphatic heterocycles. The molecule has 1 atom stereocenters. The van der Waals surface area contributed by atoms with Gasteiger partial charge in [-0.1, -0.05) is 31.4 Å². The number of nitrogens with one attached hydrogen (secondary N) is 1. The van der Waals surface area contributed by atoms with Crippen molar-refractivity contribution in [2.24, 2.45) is 0 Å². The molecule has 1 N–H and O–H groups in total. The zero-order valence-corrected chi connectivity index (χ0v) is 17.7. The number of carbonyl (C=O) groups excluding carboxylic acids is 1. The van der Waals surface area contributed by atoms with Gasteiger partial charge in [0.1, 0.15) is 11.6 Å². The lowest BCUT2D eigenvalue weighted by Gasteiger charge is -2.33. The van der Waals surface area contributed by atoms with Crippen LogP contribution in [0.5, 0.6) is 0 Å². The quantitative estimate of drug-likeness (QED) is 0.709. The summed E-state index contributed by atoms with van der Waals surface area (Å²) >= 11 is 0. The maximum absolute atomic E-state index is 13.3. The minimum absolute atomic E-state index is 0.0335. The Balaban J connectivity index is 1.79. The van der Waals surface area contributed by atoms with Gasteiger partial charge in [-0.2, -0.15) is 4.31 Å². The summed E-state index contributed by atoms with van der Waals surface area (Å²) in [6, 6.07) is 9.74. The molecule has 30 heavy (non-hydrogen) atoms. The van der Waals surface area contributed by atoms with E-state index in [1.54, 1.807) is 19.1 Å². The van der Waals surface area contributed by atoms with E-state index >= 15 is 0 Å². The van der Waals surface area contributed by atoms with Crippen LogP contribution in [0.1, 0.15) is 50.6 Å². The van der Waals surface area contributed by atoms with Crippen LogP contribution in [0.4, 0.5) is 8.78 Å². The van der Waals surface area contributed by atoms with Crippen molar-refractivity contribution in [1.29, 1.82) is 0 Å². The van der Waals surface area contributed by atoms with Crippen LogP contribution in [0.2, 0.25) is 0 Å². The number of hydrogen-bond donors (Lipinski definition) is 1. The number of hydrogen-bond acceptors (Lipinski definition) is 3. The smallest absolute Gasteiger partial charge is 0.243 e. The molecule has 0 bridgehead atoms. The van der Waals surface area contributed by atoms with E-state index < -0.39 is 27.8 Å². The van der Waals surface area contributed by atoms with Gasteiger partial charge in [0.15, 0.2) is 0 Å². The maximum Gasteiger partial charge on any atom is 0.243 e. The standard InChI is InChI=1S/C22H26F2N2O3S/c1-16(17-7-9-18(23)10-8-17)25-22(27)15-26(20-5-3-2-4-6-20)30(28,29)21-13-11-19(24)12-14-21/h7-14,16,20H,2-6,15H2,1H3,(H,25,27)/t16-/m0/s1. The van der Waals surface area contributed by atoms with Crippen molar-refractivity contribution in [3.05, 3.63) is 65.7 Å². The van der Waals surface area contributed by atoms with E-state index in [2.05, 4.69) is 5.32 Å². The van der Waals surface area contributed by atoms with Gasteiger partial charge < -0.3 is 5.32 Å². The first-order chi connectivity index (χ1) is 14.3. The largest absolute Gasteiger partial charge is 0.348 e. The van der Waals surface area contributed by atoms with Crippen molar-refractivity contribution >= 4 is 15.9 Å². The second-order valence-electron chi connectivity index (χ2n) is 7.64. The Morgan fingerprint density at radius 2 is 1.53 bits per heavy atom. The van der Waals surface area contributed by atoms with E-state index in [0.29, 0.717) is 12.8 Å². The zero-order chi connectivity index (χ0) is 21.7. The third-order valence-corrected chi connectivity index (χ3v) is 7.36. The normalized spacial score (nSPS) is 16.4. The average Bonchev–Trinajstić information content (AvgIpc) is 2.73. The highest BCUT2D eigenvalue weighted by atomic mass is 32.2. The maximum atomic E-state index is 13.3. The van der Waals surface area contributed by atoms with Crippen LogP contribution in [0, 0.1) is 11.6 Å². The van der Waals surface area contributed by atoms with Crippen LogP contribution in [-0.4, -0.2) is 31.2 Å². The number of nitrogens with zero attached hydrogens (tertiary/aromatic N) is 1. The molecule has 0 aromatic heterocycles. The van der Waals surface area contributed by atoms with Crippen molar-refractivity contribution in [3.63, 3.8) is 0 Å². The number of carbonyl (C=O) groups is 1. The van der Waals surface area contributed by atoms with Crippen molar-refractivity contribution < 1.29 is 22.0 Å². The first kappa shape index (κ1) is 22.4. The van der Waals surface area contributed by atoms with Gasteiger partial charge in [0.2, 0.25) is 15.9 Å². The Morgan fingerprint density at radius 1 is 1.00 bits per heavy atom. The van der Waals surface area contributed by atoms with E-state index in [-0.39, 0.29) is 23.3 Å². The van der Waals surface area contributed by atoms with E-state index in [1.165, 1.54) is 28.6 Å². The predicted molar refractivity (Wildman–Crippen MR) is 110 cm³/mol. The summed E-state index contributed by atoms with van der Waals surface area (Å²) in [6.07, 6.45) is 4.19. The zero-order valence-electron chi connectivity index (χ0n) is 16.9. The summed E-state index contributed by atoms with van der Waals surface area (Å²) in [7, 11) is -3.96. The number of rotatable bonds is 7. The molecule has 0 heterocycles. The van der Waals surface area contributed by atoms with Crippen molar-refractivity contribution in [2.45, 2.75) is 56.0 Å². The number of halogens is 2. The summed E-state index contributed by atoms with van der Waals surface area (Å²) < 4.78 is 54.1. The Morgan fingerprint density at radius 3 is 2.10 bits per heavy atom. The highest BCUT2D eigenvalue weighted by molar-refractivity contribution is 7.89. The van der Waals surface area contributed by atoms with E-state index in [9.17, 15) is 22.0 Å². The molecule has 8 heteroatoms. The lowest BCUT2D eigenvalue weighted by Crippen LogP contribution is -2.47. The Labute approximate surface area is 176 Å². The molecular weight excluding hydrogens is 410 g/mol. The van der Waals surface area contributed by atoms with Gasteiger partial charge in [0.05, 0.1) is 17.5 Å². The Hall–Kier alpha value is -2.32. The fraction of sp³-hybridized carbons (Fsp3) is 0.409. The molecule has 2 aromatic carbocycles. The number of sulfonamides is 1. The molecule has 0 radical (unpaired) electrons.